The van der Waals surface area contributed by atoms with Gasteiger partial charge in [0.15, 0.2) is 5.76 Å². The summed E-state index contributed by atoms with van der Waals surface area (Å²) in [5.74, 6) is 1.54. The van der Waals surface area contributed by atoms with Crippen LogP contribution in [0.15, 0.2) is 47.1 Å². The summed E-state index contributed by atoms with van der Waals surface area (Å²) in [6.45, 7) is 11.4. The molecule has 124 valence electrons. The number of nitrogens with two attached hydrogens (primary N) is 1. The van der Waals surface area contributed by atoms with E-state index in [9.17, 15) is 0 Å². The summed E-state index contributed by atoms with van der Waals surface area (Å²) in [6.07, 6.45) is 6.91. The Bertz CT molecular complexity index is 607. The van der Waals surface area contributed by atoms with Crippen LogP contribution in [0.3, 0.4) is 0 Å². The standard InChI is InChI=1S/C19H27N3O/c1-12(2)9-17(10-13(3)14(4)11-20)23-19(15(5)21)18(22)16-7-6-8-16/h9-10,12,16,22H,4,6-8,21H2,1-3,5H3/b13-10-,17-9+,19-15+,22-18?. The van der Waals surface area contributed by atoms with Crippen molar-refractivity contribution in [2.75, 3.05) is 0 Å². The zero-order valence-corrected chi connectivity index (χ0v) is 14.6. The Hall–Kier alpha value is -2.28. The SMILES string of the molecule is C=C(C#N)/C(C)=C\C(=C/C(C)C)O/C(C(=N)C1CCC1)=C(\C)N. The van der Waals surface area contributed by atoms with Crippen molar-refractivity contribution in [1.29, 1.82) is 10.7 Å². The second-order valence-corrected chi connectivity index (χ2v) is 6.39. The van der Waals surface area contributed by atoms with Crippen molar-refractivity contribution in [2.45, 2.75) is 47.0 Å². The van der Waals surface area contributed by atoms with Gasteiger partial charge in [-0.1, -0.05) is 26.8 Å². The Labute approximate surface area is 139 Å². The Morgan fingerprint density at radius 2 is 2.00 bits per heavy atom. The number of rotatable bonds is 7. The summed E-state index contributed by atoms with van der Waals surface area (Å²) in [5.41, 5.74) is 8.05. The van der Waals surface area contributed by atoms with E-state index in [4.69, 9.17) is 21.1 Å². The minimum absolute atomic E-state index is 0.239. The molecule has 1 aliphatic carbocycles. The van der Waals surface area contributed by atoms with Crippen LogP contribution >= 0.6 is 0 Å². The average molecular weight is 313 g/mol. The molecule has 0 amide bonds. The zero-order chi connectivity index (χ0) is 17.6. The van der Waals surface area contributed by atoms with E-state index in [2.05, 4.69) is 6.58 Å². The Morgan fingerprint density at radius 1 is 1.39 bits per heavy atom. The molecule has 0 radical (unpaired) electrons. The maximum Gasteiger partial charge on any atom is 0.166 e. The van der Waals surface area contributed by atoms with Crippen LogP contribution in [0, 0.1) is 28.6 Å². The second-order valence-electron chi connectivity index (χ2n) is 6.39. The fourth-order valence-electron chi connectivity index (χ4n) is 2.18. The van der Waals surface area contributed by atoms with Gasteiger partial charge in [0.1, 0.15) is 5.76 Å². The molecule has 0 aromatic heterocycles. The van der Waals surface area contributed by atoms with Crippen LogP contribution < -0.4 is 5.73 Å². The largest absolute Gasteiger partial charge is 0.454 e. The number of ether oxygens (including phenoxy) is 1. The van der Waals surface area contributed by atoms with E-state index < -0.39 is 0 Å². The molecule has 0 atom stereocenters. The molecular formula is C19H27N3O. The smallest absolute Gasteiger partial charge is 0.166 e. The van der Waals surface area contributed by atoms with E-state index in [0.717, 1.165) is 24.8 Å². The van der Waals surface area contributed by atoms with Crippen LogP contribution in [-0.4, -0.2) is 5.71 Å². The molecule has 0 heterocycles. The lowest BCUT2D eigenvalue weighted by molar-refractivity contribution is 0.319. The van der Waals surface area contributed by atoms with Gasteiger partial charge in [-0.15, -0.1) is 0 Å². The average Bonchev–Trinajstić information content (AvgIpc) is 2.40. The molecule has 4 heteroatoms. The molecule has 4 nitrogen and oxygen atoms in total. The van der Waals surface area contributed by atoms with E-state index in [-0.39, 0.29) is 11.8 Å². The molecule has 1 aliphatic rings. The van der Waals surface area contributed by atoms with Crippen molar-refractivity contribution in [3.05, 3.63) is 47.1 Å². The van der Waals surface area contributed by atoms with E-state index in [0.29, 0.717) is 28.5 Å². The van der Waals surface area contributed by atoms with Crippen molar-refractivity contribution >= 4 is 5.71 Å². The van der Waals surface area contributed by atoms with E-state index in [1.54, 1.807) is 13.0 Å². The molecule has 1 saturated carbocycles. The third-order valence-electron chi connectivity index (χ3n) is 3.80. The fraction of sp³-hybridized carbons (Fsp3) is 0.474. The Kier molecular flexibility index (Phi) is 6.84. The highest BCUT2D eigenvalue weighted by Gasteiger charge is 2.27. The van der Waals surface area contributed by atoms with Gasteiger partial charge in [-0.2, -0.15) is 5.26 Å². The Morgan fingerprint density at radius 3 is 2.39 bits per heavy atom. The lowest BCUT2D eigenvalue weighted by Crippen LogP contribution is -2.25. The van der Waals surface area contributed by atoms with Crippen molar-refractivity contribution < 1.29 is 4.74 Å². The van der Waals surface area contributed by atoms with Gasteiger partial charge in [0, 0.05) is 11.5 Å². The maximum absolute atomic E-state index is 8.96. The van der Waals surface area contributed by atoms with E-state index >= 15 is 0 Å². The molecule has 23 heavy (non-hydrogen) atoms. The van der Waals surface area contributed by atoms with Gasteiger partial charge >= 0.3 is 0 Å². The van der Waals surface area contributed by atoms with Crippen LogP contribution in [-0.2, 0) is 4.74 Å². The molecule has 0 bridgehead atoms. The van der Waals surface area contributed by atoms with Crippen LogP contribution in [0.25, 0.3) is 0 Å². The predicted octanol–water partition coefficient (Wildman–Crippen LogP) is 4.58. The first-order chi connectivity index (χ1) is 10.8. The molecule has 0 aliphatic heterocycles. The summed E-state index contributed by atoms with van der Waals surface area (Å²) in [6, 6.07) is 2.03. The molecule has 0 spiro atoms. The normalized spacial score (nSPS) is 17.2. The number of allylic oxidation sites excluding steroid dienone is 6. The fourth-order valence-corrected chi connectivity index (χ4v) is 2.18. The van der Waals surface area contributed by atoms with Crippen LogP contribution in [0.4, 0.5) is 0 Å². The first-order valence-corrected chi connectivity index (χ1v) is 7.98. The molecule has 3 N–H and O–H groups in total. The third-order valence-corrected chi connectivity index (χ3v) is 3.80. The molecule has 0 aromatic rings. The summed E-state index contributed by atoms with van der Waals surface area (Å²) in [7, 11) is 0. The minimum Gasteiger partial charge on any atom is -0.454 e. The molecule has 0 saturated heterocycles. The number of nitrogens with one attached hydrogen (secondary N) is 1. The van der Waals surface area contributed by atoms with Crippen LogP contribution in [0.5, 0.6) is 0 Å². The number of nitriles is 1. The summed E-state index contributed by atoms with van der Waals surface area (Å²) in [4.78, 5) is 0. The van der Waals surface area contributed by atoms with E-state index in [1.165, 1.54) is 0 Å². The lowest BCUT2D eigenvalue weighted by Gasteiger charge is -2.28. The van der Waals surface area contributed by atoms with Gasteiger partial charge in [-0.25, -0.2) is 0 Å². The van der Waals surface area contributed by atoms with Gasteiger partial charge < -0.3 is 15.9 Å². The third kappa shape index (κ3) is 5.45. The summed E-state index contributed by atoms with van der Waals surface area (Å²) in [5, 5.41) is 17.3. The number of hydrogen-bond acceptors (Lipinski definition) is 4. The molecule has 1 fully saturated rings. The zero-order valence-electron chi connectivity index (χ0n) is 14.6. The summed E-state index contributed by atoms with van der Waals surface area (Å²) >= 11 is 0. The number of hydrogen-bond donors (Lipinski definition) is 2. The molecule has 0 unspecified atom stereocenters. The van der Waals surface area contributed by atoms with Crippen LogP contribution in [0.1, 0.15) is 47.0 Å². The number of nitrogens with zero attached hydrogens (tertiary/aromatic N) is 1. The van der Waals surface area contributed by atoms with Crippen LogP contribution in [0.2, 0.25) is 0 Å². The highest BCUT2D eigenvalue weighted by atomic mass is 16.5. The first-order valence-electron chi connectivity index (χ1n) is 7.98. The van der Waals surface area contributed by atoms with Gasteiger partial charge in [0.2, 0.25) is 0 Å². The predicted molar refractivity (Wildman–Crippen MR) is 94.5 cm³/mol. The van der Waals surface area contributed by atoms with E-state index in [1.807, 2.05) is 32.9 Å². The van der Waals surface area contributed by atoms with Crippen molar-refractivity contribution in [2.24, 2.45) is 17.6 Å². The van der Waals surface area contributed by atoms with Gasteiger partial charge in [0.05, 0.1) is 17.5 Å². The quantitative estimate of drug-likeness (QED) is 0.312. The molecular weight excluding hydrogens is 286 g/mol. The highest BCUT2D eigenvalue weighted by Crippen LogP contribution is 2.31. The van der Waals surface area contributed by atoms with Gasteiger partial charge in [-0.3, -0.25) is 0 Å². The molecule has 0 aromatic carbocycles. The molecule has 1 rings (SSSR count). The summed E-state index contributed by atoms with van der Waals surface area (Å²) < 4.78 is 5.97. The highest BCUT2D eigenvalue weighted by molar-refractivity contribution is 5.98. The van der Waals surface area contributed by atoms with Gasteiger partial charge in [0.25, 0.3) is 0 Å². The minimum atomic E-state index is 0.239. The van der Waals surface area contributed by atoms with Crippen molar-refractivity contribution in [1.82, 2.24) is 0 Å². The first kappa shape index (κ1) is 18.8. The lowest BCUT2D eigenvalue weighted by atomic mass is 9.81. The van der Waals surface area contributed by atoms with Crippen molar-refractivity contribution in [3.63, 3.8) is 0 Å². The Balaban J connectivity index is 3.08. The van der Waals surface area contributed by atoms with Gasteiger partial charge in [-0.05, 0) is 50.3 Å². The monoisotopic (exact) mass is 313 g/mol. The maximum atomic E-state index is 8.96. The second kappa shape index (κ2) is 8.38. The van der Waals surface area contributed by atoms with Crippen molar-refractivity contribution in [3.8, 4) is 6.07 Å². The topological polar surface area (TPSA) is 82.9 Å².